The number of allylic oxidation sites excluding steroid dienone is 1. The first-order valence-electron chi connectivity index (χ1n) is 5.61. The van der Waals surface area contributed by atoms with Crippen LogP contribution in [0.1, 0.15) is 31.4 Å². The fraction of sp³-hybridized carbons (Fsp3) is 0.462. The highest BCUT2D eigenvalue weighted by atomic mass is 16.3. The number of unbranched alkanes of at least 4 members (excludes halogenated alkanes) is 1. The van der Waals surface area contributed by atoms with Crippen LogP contribution in [0.4, 0.5) is 5.82 Å². The second kappa shape index (κ2) is 6.28. The maximum Gasteiger partial charge on any atom is 0.134 e. The van der Waals surface area contributed by atoms with Crippen molar-refractivity contribution in [2.45, 2.75) is 25.9 Å². The first-order valence-corrected chi connectivity index (χ1v) is 5.61. The van der Waals surface area contributed by atoms with Crippen LogP contribution in [0, 0.1) is 0 Å². The normalized spacial score (nSPS) is 12.2. The quantitative estimate of drug-likeness (QED) is 0.591. The molecule has 1 heterocycles. The molecular weight excluding hydrogens is 200 g/mol. The van der Waals surface area contributed by atoms with Gasteiger partial charge in [-0.3, -0.25) is 0 Å². The second-order valence-corrected chi connectivity index (χ2v) is 3.94. The Hall–Kier alpha value is -1.35. The molecule has 0 spiro atoms. The standard InChI is InChI=1S/C13H20N2O/c1-4-5-6-10-15(3)13-12(11(2)16)8-7-9-14-13/h4,7-9,11,16H,1,5-6,10H2,2-3H3/t11-/m0/s1. The van der Waals surface area contributed by atoms with Gasteiger partial charge in [-0.2, -0.15) is 0 Å². The zero-order valence-corrected chi connectivity index (χ0v) is 10.1. The Bertz CT molecular complexity index is 336. The second-order valence-electron chi connectivity index (χ2n) is 3.94. The lowest BCUT2D eigenvalue weighted by molar-refractivity contribution is 0.199. The Morgan fingerprint density at radius 2 is 2.38 bits per heavy atom. The highest BCUT2D eigenvalue weighted by Crippen LogP contribution is 2.22. The molecule has 0 aliphatic rings. The molecule has 0 aromatic carbocycles. The predicted molar refractivity (Wildman–Crippen MR) is 67.6 cm³/mol. The molecule has 1 aromatic rings. The van der Waals surface area contributed by atoms with Gasteiger partial charge in [0, 0.05) is 25.4 Å². The number of hydrogen-bond donors (Lipinski definition) is 1. The summed E-state index contributed by atoms with van der Waals surface area (Å²) in [6, 6.07) is 3.76. The number of aliphatic hydroxyl groups is 1. The van der Waals surface area contributed by atoms with Gasteiger partial charge in [-0.1, -0.05) is 12.1 Å². The van der Waals surface area contributed by atoms with E-state index in [4.69, 9.17) is 0 Å². The van der Waals surface area contributed by atoms with E-state index in [0.29, 0.717) is 0 Å². The third kappa shape index (κ3) is 3.35. The molecule has 1 atom stereocenters. The van der Waals surface area contributed by atoms with Crippen LogP contribution in [0.15, 0.2) is 31.0 Å². The maximum atomic E-state index is 9.64. The summed E-state index contributed by atoms with van der Waals surface area (Å²) in [7, 11) is 2.00. The van der Waals surface area contributed by atoms with Crippen molar-refractivity contribution in [3.05, 3.63) is 36.5 Å². The van der Waals surface area contributed by atoms with Crippen molar-refractivity contribution in [3.8, 4) is 0 Å². The summed E-state index contributed by atoms with van der Waals surface area (Å²) in [5.41, 5.74) is 0.878. The zero-order chi connectivity index (χ0) is 12.0. The van der Waals surface area contributed by atoms with E-state index in [-0.39, 0.29) is 0 Å². The smallest absolute Gasteiger partial charge is 0.134 e. The van der Waals surface area contributed by atoms with E-state index in [1.807, 2.05) is 25.3 Å². The third-order valence-corrected chi connectivity index (χ3v) is 2.53. The van der Waals surface area contributed by atoms with Crippen LogP contribution in [0.2, 0.25) is 0 Å². The molecule has 1 aromatic heterocycles. The van der Waals surface area contributed by atoms with E-state index >= 15 is 0 Å². The fourth-order valence-electron chi connectivity index (χ4n) is 1.63. The van der Waals surface area contributed by atoms with Gasteiger partial charge in [-0.25, -0.2) is 4.98 Å². The summed E-state index contributed by atoms with van der Waals surface area (Å²) in [6.07, 6.45) is 5.25. The number of rotatable bonds is 6. The summed E-state index contributed by atoms with van der Waals surface area (Å²) in [4.78, 5) is 6.39. The molecule has 0 unspecified atom stereocenters. The predicted octanol–water partition coefficient (Wildman–Crippen LogP) is 2.54. The van der Waals surface area contributed by atoms with Crippen LogP contribution >= 0.6 is 0 Å². The van der Waals surface area contributed by atoms with Gasteiger partial charge in [0.15, 0.2) is 0 Å². The van der Waals surface area contributed by atoms with Gasteiger partial charge in [0.05, 0.1) is 6.10 Å². The van der Waals surface area contributed by atoms with E-state index in [2.05, 4.69) is 16.5 Å². The van der Waals surface area contributed by atoms with E-state index in [9.17, 15) is 5.11 Å². The fourth-order valence-corrected chi connectivity index (χ4v) is 1.63. The molecule has 0 amide bonds. The summed E-state index contributed by atoms with van der Waals surface area (Å²) < 4.78 is 0. The summed E-state index contributed by atoms with van der Waals surface area (Å²) >= 11 is 0. The summed E-state index contributed by atoms with van der Waals surface area (Å²) in [5, 5.41) is 9.64. The average Bonchev–Trinajstić information content (AvgIpc) is 2.29. The zero-order valence-electron chi connectivity index (χ0n) is 10.1. The van der Waals surface area contributed by atoms with Gasteiger partial charge in [0.1, 0.15) is 5.82 Å². The minimum absolute atomic E-state index is 0.481. The van der Waals surface area contributed by atoms with Gasteiger partial charge in [0.25, 0.3) is 0 Å². The molecule has 0 aliphatic heterocycles. The van der Waals surface area contributed by atoms with Crippen LogP contribution in [-0.2, 0) is 0 Å². The molecule has 0 saturated heterocycles. The number of aromatic nitrogens is 1. The highest BCUT2D eigenvalue weighted by molar-refractivity contribution is 5.46. The molecule has 0 radical (unpaired) electrons. The Balaban J connectivity index is 2.73. The van der Waals surface area contributed by atoms with Crippen molar-refractivity contribution in [2.24, 2.45) is 0 Å². The third-order valence-electron chi connectivity index (χ3n) is 2.53. The SMILES string of the molecule is C=CCCCN(C)c1ncccc1[C@H](C)O. The van der Waals surface area contributed by atoms with E-state index in [0.717, 1.165) is 30.8 Å². The molecule has 0 aliphatic carbocycles. The van der Waals surface area contributed by atoms with Crippen molar-refractivity contribution in [1.29, 1.82) is 0 Å². The van der Waals surface area contributed by atoms with Crippen LogP contribution in [0.25, 0.3) is 0 Å². The topological polar surface area (TPSA) is 36.4 Å². The first-order chi connectivity index (χ1) is 7.66. The van der Waals surface area contributed by atoms with E-state index in [1.165, 1.54) is 0 Å². The van der Waals surface area contributed by atoms with Crippen molar-refractivity contribution in [2.75, 3.05) is 18.5 Å². The summed E-state index contributed by atoms with van der Waals surface area (Å²) in [6.45, 7) is 6.38. The van der Waals surface area contributed by atoms with E-state index < -0.39 is 6.10 Å². The molecule has 3 nitrogen and oxygen atoms in total. The van der Waals surface area contributed by atoms with Crippen molar-refractivity contribution in [3.63, 3.8) is 0 Å². The number of nitrogens with zero attached hydrogens (tertiary/aromatic N) is 2. The van der Waals surface area contributed by atoms with Gasteiger partial charge in [-0.05, 0) is 25.8 Å². The molecular formula is C13H20N2O. The van der Waals surface area contributed by atoms with Gasteiger partial charge >= 0.3 is 0 Å². The Labute approximate surface area is 97.4 Å². The Morgan fingerprint density at radius 1 is 1.62 bits per heavy atom. The van der Waals surface area contributed by atoms with Crippen LogP contribution in [-0.4, -0.2) is 23.7 Å². The van der Waals surface area contributed by atoms with E-state index in [1.54, 1.807) is 13.1 Å². The van der Waals surface area contributed by atoms with Crippen molar-refractivity contribution in [1.82, 2.24) is 4.98 Å². The van der Waals surface area contributed by atoms with Crippen molar-refractivity contribution < 1.29 is 5.11 Å². The number of hydrogen-bond acceptors (Lipinski definition) is 3. The molecule has 1 rings (SSSR count). The van der Waals surface area contributed by atoms with Gasteiger partial charge in [-0.15, -0.1) is 6.58 Å². The average molecular weight is 220 g/mol. The Morgan fingerprint density at radius 3 is 3.00 bits per heavy atom. The van der Waals surface area contributed by atoms with Crippen LogP contribution in [0.5, 0.6) is 0 Å². The molecule has 16 heavy (non-hydrogen) atoms. The lowest BCUT2D eigenvalue weighted by Crippen LogP contribution is -2.21. The molecule has 0 fully saturated rings. The van der Waals surface area contributed by atoms with Crippen LogP contribution < -0.4 is 4.90 Å². The molecule has 88 valence electrons. The first kappa shape index (κ1) is 12.7. The largest absolute Gasteiger partial charge is 0.389 e. The van der Waals surface area contributed by atoms with Gasteiger partial charge < -0.3 is 10.0 Å². The van der Waals surface area contributed by atoms with Crippen LogP contribution in [0.3, 0.4) is 0 Å². The highest BCUT2D eigenvalue weighted by Gasteiger charge is 2.11. The monoisotopic (exact) mass is 220 g/mol. The Kier molecular flexibility index (Phi) is 4.99. The summed E-state index contributed by atoms with van der Waals surface area (Å²) in [5.74, 6) is 0.863. The number of anilines is 1. The minimum Gasteiger partial charge on any atom is -0.389 e. The molecule has 0 saturated carbocycles. The van der Waals surface area contributed by atoms with Crippen molar-refractivity contribution >= 4 is 5.82 Å². The maximum absolute atomic E-state index is 9.64. The molecule has 3 heteroatoms. The minimum atomic E-state index is -0.481. The molecule has 1 N–H and O–H groups in total. The number of aliphatic hydroxyl groups excluding tert-OH is 1. The lowest BCUT2D eigenvalue weighted by atomic mass is 10.1. The lowest BCUT2D eigenvalue weighted by Gasteiger charge is -2.21. The number of pyridine rings is 1. The van der Waals surface area contributed by atoms with Gasteiger partial charge in [0.2, 0.25) is 0 Å². The molecule has 0 bridgehead atoms.